The highest BCUT2D eigenvalue weighted by molar-refractivity contribution is 6.32. The number of aryl methyl sites for hydroxylation is 1. The van der Waals surface area contributed by atoms with Crippen molar-refractivity contribution < 1.29 is 19.4 Å². The van der Waals surface area contributed by atoms with E-state index in [9.17, 15) is 14.7 Å². The Kier molecular flexibility index (Phi) is 4.78. The number of amides is 1. The molecule has 132 valence electrons. The second-order valence-corrected chi connectivity index (χ2v) is 6.40. The molecule has 1 saturated heterocycles. The number of carboxylic acids is 1. The highest BCUT2D eigenvalue weighted by Gasteiger charge is 2.42. The third-order valence-corrected chi connectivity index (χ3v) is 4.63. The summed E-state index contributed by atoms with van der Waals surface area (Å²) in [4.78, 5) is 24.2. The van der Waals surface area contributed by atoms with Crippen LogP contribution in [0.4, 0.5) is 0 Å². The lowest BCUT2D eigenvalue weighted by Crippen LogP contribution is -2.57. The van der Waals surface area contributed by atoms with Crippen LogP contribution in [0.5, 0.6) is 0 Å². The molecule has 0 radical (unpaired) electrons. The minimum absolute atomic E-state index is 0.143. The fourth-order valence-corrected chi connectivity index (χ4v) is 3.06. The predicted octanol–water partition coefficient (Wildman–Crippen LogP) is 2.20. The van der Waals surface area contributed by atoms with Crippen molar-refractivity contribution in [3.8, 4) is 5.69 Å². The van der Waals surface area contributed by atoms with Crippen molar-refractivity contribution in [2.24, 2.45) is 0 Å². The molecule has 1 aromatic carbocycles. The van der Waals surface area contributed by atoms with Gasteiger partial charge in [-0.05, 0) is 25.1 Å². The maximum absolute atomic E-state index is 12.6. The fourth-order valence-electron chi connectivity index (χ4n) is 2.85. The lowest BCUT2D eigenvalue weighted by Gasteiger charge is -2.33. The van der Waals surface area contributed by atoms with Gasteiger partial charge in [0.25, 0.3) is 5.91 Å². The molecule has 25 heavy (non-hydrogen) atoms. The number of carbonyl (C=O) groups excluding carboxylic acids is 1. The molecule has 7 nitrogen and oxygen atoms in total. The minimum atomic E-state index is -1.32. The number of rotatable bonds is 4. The van der Waals surface area contributed by atoms with E-state index in [0.717, 1.165) is 5.69 Å². The zero-order valence-corrected chi connectivity index (χ0v) is 14.4. The summed E-state index contributed by atoms with van der Waals surface area (Å²) in [6, 6.07) is 8.76. The third-order valence-electron chi connectivity index (χ3n) is 4.31. The predicted molar refractivity (Wildman–Crippen MR) is 91.2 cm³/mol. The number of nitrogens with zero attached hydrogens (tertiary/aromatic N) is 2. The first-order chi connectivity index (χ1) is 11.9. The highest BCUT2D eigenvalue weighted by Crippen LogP contribution is 2.23. The van der Waals surface area contributed by atoms with Crippen LogP contribution in [0, 0.1) is 6.92 Å². The largest absolute Gasteiger partial charge is 0.480 e. The van der Waals surface area contributed by atoms with Crippen LogP contribution in [-0.2, 0) is 9.53 Å². The van der Waals surface area contributed by atoms with E-state index in [0.29, 0.717) is 23.9 Å². The summed E-state index contributed by atoms with van der Waals surface area (Å²) >= 11 is 6.19. The monoisotopic (exact) mass is 363 g/mol. The molecule has 2 N–H and O–H groups in total. The molecule has 1 aliphatic rings. The number of ether oxygens (including phenoxy) is 1. The number of carbonyl (C=O) groups is 2. The van der Waals surface area contributed by atoms with Crippen molar-refractivity contribution in [3.63, 3.8) is 0 Å². The number of hydrogen-bond acceptors (Lipinski definition) is 4. The highest BCUT2D eigenvalue weighted by atomic mass is 35.5. The van der Waals surface area contributed by atoms with Crippen LogP contribution in [0.15, 0.2) is 30.3 Å². The molecule has 0 atom stereocenters. The quantitative estimate of drug-likeness (QED) is 0.868. The van der Waals surface area contributed by atoms with Gasteiger partial charge < -0.3 is 15.2 Å². The fraction of sp³-hybridized carbons (Fsp3) is 0.353. The van der Waals surface area contributed by atoms with Gasteiger partial charge in [-0.2, -0.15) is 5.10 Å². The Balaban J connectivity index is 1.87. The summed E-state index contributed by atoms with van der Waals surface area (Å²) in [5.41, 5.74) is 0.191. The first-order valence-corrected chi connectivity index (χ1v) is 8.26. The maximum atomic E-state index is 12.6. The molecule has 2 aromatic rings. The summed E-state index contributed by atoms with van der Waals surface area (Å²) in [7, 11) is 0. The lowest BCUT2D eigenvalue weighted by atomic mass is 9.90. The average Bonchev–Trinajstić information content (AvgIpc) is 2.98. The molecule has 8 heteroatoms. The zero-order chi connectivity index (χ0) is 18.0. The van der Waals surface area contributed by atoms with E-state index in [-0.39, 0.29) is 18.5 Å². The minimum Gasteiger partial charge on any atom is -0.480 e. The molecule has 0 aliphatic carbocycles. The van der Waals surface area contributed by atoms with Crippen molar-refractivity contribution in [3.05, 3.63) is 46.7 Å². The van der Waals surface area contributed by atoms with Gasteiger partial charge in [-0.15, -0.1) is 0 Å². The van der Waals surface area contributed by atoms with Crippen LogP contribution < -0.4 is 5.32 Å². The number of aromatic nitrogens is 2. The Hall–Kier alpha value is -2.38. The summed E-state index contributed by atoms with van der Waals surface area (Å²) in [6.07, 6.45) is 0.441. The number of nitrogens with one attached hydrogen (secondary N) is 1. The Morgan fingerprint density at radius 1 is 1.32 bits per heavy atom. The number of benzene rings is 1. The van der Waals surface area contributed by atoms with Crippen molar-refractivity contribution in [2.45, 2.75) is 25.3 Å². The van der Waals surface area contributed by atoms with E-state index in [2.05, 4.69) is 10.4 Å². The van der Waals surface area contributed by atoms with Crippen LogP contribution in [0.2, 0.25) is 5.02 Å². The molecular formula is C17H18ClN3O4. The second-order valence-electron chi connectivity index (χ2n) is 5.99. The molecule has 0 saturated carbocycles. The van der Waals surface area contributed by atoms with Gasteiger partial charge in [-0.1, -0.05) is 23.7 Å². The van der Waals surface area contributed by atoms with Crippen LogP contribution in [-0.4, -0.2) is 45.5 Å². The molecule has 3 rings (SSSR count). The van der Waals surface area contributed by atoms with E-state index < -0.39 is 17.4 Å². The standard InChI is InChI=1S/C17H18ClN3O4/c1-11-10-13(20-21(11)14-5-3-2-4-12(14)18)15(22)19-17(16(23)24)6-8-25-9-7-17/h2-5,10H,6-9H2,1H3,(H,19,22)(H,23,24). The average molecular weight is 364 g/mol. The van der Waals surface area contributed by atoms with E-state index in [1.807, 2.05) is 6.07 Å². The van der Waals surface area contributed by atoms with Gasteiger partial charge in [0, 0.05) is 31.7 Å². The van der Waals surface area contributed by atoms with Gasteiger partial charge in [0.05, 0.1) is 10.7 Å². The molecule has 1 amide bonds. The number of carboxylic acid groups (broad SMARTS) is 1. The van der Waals surface area contributed by atoms with E-state index in [4.69, 9.17) is 16.3 Å². The van der Waals surface area contributed by atoms with Gasteiger partial charge >= 0.3 is 5.97 Å². The molecule has 0 unspecified atom stereocenters. The maximum Gasteiger partial charge on any atom is 0.329 e. The van der Waals surface area contributed by atoms with Crippen LogP contribution >= 0.6 is 11.6 Å². The summed E-state index contributed by atoms with van der Waals surface area (Å²) in [6.45, 7) is 2.38. The Morgan fingerprint density at radius 2 is 2.00 bits per heavy atom. The Bertz CT molecular complexity index is 812. The van der Waals surface area contributed by atoms with Crippen LogP contribution in [0.3, 0.4) is 0 Å². The van der Waals surface area contributed by atoms with Crippen LogP contribution in [0.1, 0.15) is 29.0 Å². The van der Waals surface area contributed by atoms with Crippen molar-refractivity contribution in [1.29, 1.82) is 0 Å². The van der Waals surface area contributed by atoms with E-state index >= 15 is 0 Å². The molecule has 2 heterocycles. The Labute approximate surface area is 149 Å². The summed E-state index contributed by atoms with van der Waals surface area (Å²) in [5, 5.41) is 17.0. The van der Waals surface area contributed by atoms with Gasteiger partial charge in [0.1, 0.15) is 5.54 Å². The first-order valence-electron chi connectivity index (χ1n) is 7.88. The SMILES string of the molecule is Cc1cc(C(=O)NC2(C(=O)O)CCOCC2)nn1-c1ccccc1Cl. The van der Waals surface area contributed by atoms with Crippen molar-refractivity contribution >= 4 is 23.5 Å². The topological polar surface area (TPSA) is 93.5 Å². The number of halogens is 1. The molecule has 1 fully saturated rings. The number of aliphatic carboxylic acids is 1. The summed E-state index contributed by atoms with van der Waals surface area (Å²) in [5.74, 6) is -1.59. The molecule has 0 bridgehead atoms. The number of para-hydroxylation sites is 1. The lowest BCUT2D eigenvalue weighted by molar-refractivity contribution is -0.148. The van der Waals surface area contributed by atoms with Crippen LogP contribution in [0.25, 0.3) is 5.69 Å². The van der Waals surface area contributed by atoms with Crippen molar-refractivity contribution in [2.75, 3.05) is 13.2 Å². The normalized spacial score (nSPS) is 16.4. The van der Waals surface area contributed by atoms with Gasteiger partial charge in [0.15, 0.2) is 5.69 Å². The molecule has 1 aromatic heterocycles. The molecular weight excluding hydrogens is 346 g/mol. The number of hydrogen-bond donors (Lipinski definition) is 2. The smallest absolute Gasteiger partial charge is 0.329 e. The van der Waals surface area contributed by atoms with Gasteiger partial charge in [-0.25, -0.2) is 9.48 Å². The zero-order valence-electron chi connectivity index (χ0n) is 13.7. The second kappa shape index (κ2) is 6.85. The van der Waals surface area contributed by atoms with E-state index in [1.54, 1.807) is 35.9 Å². The molecule has 0 spiro atoms. The van der Waals surface area contributed by atoms with Crippen molar-refractivity contribution in [1.82, 2.24) is 15.1 Å². The summed E-state index contributed by atoms with van der Waals surface area (Å²) < 4.78 is 6.77. The van der Waals surface area contributed by atoms with Gasteiger partial charge in [-0.3, -0.25) is 4.79 Å². The molecule has 1 aliphatic heterocycles. The first kappa shape index (κ1) is 17.4. The third kappa shape index (κ3) is 3.38. The Morgan fingerprint density at radius 3 is 2.64 bits per heavy atom. The van der Waals surface area contributed by atoms with E-state index in [1.165, 1.54) is 0 Å². The van der Waals surface area contributed by atoms with Gasteiger partial charge in [0.2, 0.25) is 0 Å².